The molecular formula is C10H19O2. The fraction of sp³-hybridized carbons (Fsp3) is 0.900. The molecule has 0 aliphatic carbocycles. The van der Waals surface area contributed by atoms with Crippen LogP contribution in [-0.2, 0) is 9.47 Å². The molecule has 0 amide bonds. The molecule has 2 atom stereocenters. The van der Waals surface area contributed by atoms with Gasteiger partial charge in [0.15, 0.2) is 0 Å². The van der Waals surface area contributed by atoms with Crippen LogP contribution in [0.4, 0.5) is 0 Å². The van der Waals surface area contributed by atoms with Crippen molar-refractivity contribution in [3.63, 3.8) is 0 Å². The maximum Gasteiger partial charge on any atom is 0.0647 e. The Kier molecular flexibility index (Phi) is 4.62. The van der Waals surface area contributed by atoms with Gasteiger partial charge in [0.1, 0.15) is 0 Å². The summed E-state index contributed by atoms with van der Waals surface area (Å²) in [6.45, 7) is 8.71. The molecule has 0 bridgehead atoms. The van der Waals surface area contributed by atoms with Crippen LogP contribution in [0.3, 0.4) is 0 Å². The molecule has 2 nitrogen and oxygen atoms in total. The van der Waals surface area contributed by atoms with Gasteiger partial charge in [-0.1, -0.05) is 13.3 Å². The Balaban J connectivity index is 1.91. The molecule has 1 heterocycles. The van der Waals surface area contributed by atoms with Gasteiger partial charge in [-0.3, -0.25) is 0 Å². The Bertz CT molecular complexity index is 110. The van der Waals surface area contributed by atoms with Gasteiger partial charge < -0.3 is 9.47 Å². The molecule has 71 valence electrons. The van der Waals surface area contributed by atoms with Crippen LogP contribution in [0.25, 0.3) is 0 Å². The summed E-state index contributed by atoms with van der Waals surface area (Å²) >= 11 is 0. The lowest BCUT2D eigenvalue weighted by Gasteiger charge is -2.31. The van der Waals surface area contributed by atoms with Gasteiger partial charge in [0.05, 0.1) is 12.7 Å². The predicted molar refractivity (Wildman–Crippen MR) is 48.9 cm³/mol. The first-order chi connectivity index (χ1) is 5.84. The van der Waals surface area contributed by atoms with E-state index in [0.29, 0.717) is 12.0 Å². The molecule has 1 saturated heterocycles. The fourth-order valence-electron chi connectivity index (χ4n) is 1.21. The highest BCUT2D eigenvalue weighted by Gasteiger charge is 2.24. The van der Waals surface area contributed by atoms with Gasteiger partial charge in [0.2, 0.25) is 0 Å². The fourth-order valence-corrected chi connectivity index (χ4v) is 1.21. The highest BCUT2D eigenvalue weighted by molar-refractivity contribution is 4.77. The minimum atomic E-state index is 0.329. The van der Waals surface area contributed by atoms with Crippen LogP contribution in [0.2, 0.25) is 0 Å². The molecular weight excluding hydrogens is 152 g/mol. The van der Waals surface area contributed by atoms with Gasteiger partial charge in [-0.25, -0.2) is 0 Å². The minimum absolute atomic E-state index is 0.329. The standard InChI is InChI=1S/C10H19O2/c1-3-4-6-11-8-9(2)10-5-7-12-10/h9-10H,2-8H2,1H3. The summed E-state index contributed by atoms with van der Waals surface area (Å²) in [5, 5.41) is 0. The second-order valence-electron chi connectivity index (χ2n) is 3.39. The Morgan fingerprint density at radius 3 is 2.92 bits per heavy atom. The zero-order chi connectivity index (χ0) is 8.81. The molecule has 0 N–H and O–H groups in total. The number of ether oxygens (including phenoxy) is 2. The summed E-state index contributed by atoms with van der Waals surface area (Å²) in [6, 6.07) is 0. The van der Waals surface area contributed by atoms with Crippen LogP contribution in [0.15, 0.2) is 0 Å². The molecule has 1 aliphatic rings. The van der Waals surface area contributed by atoms with E-state index in [4.69, 9.17) is 9.47 Å². The van der Waals surface area contributed by atoms with E-state index in [1.54, 1.807) is 0 Å². The first-order valence-corrected chi connectivity index (χ1v) is 4.87. The van der Waals surface area contributed by atoms with Gasteiger partial charge in [-0.05, 0) is 19.8 Å². The topological polar surface area (TPSA) is 18.5 Å². The molecule has 0 spiro atoms. The Morgan fingerprint density at radius 1 is 1.67 bits per heavy atom. The molecule has 1 radical (unpaired) electrons. The summed E-state index contributed by atoms with van der Waals surface area (Å²) in [4.78, 5) is 0. The minimum Gasteiger partial charge on any atom is -0.381 e. The molecule has 0 saturated carbocycles. The van der Waals surface area contributed by atoms with Crippen LogP contribution in [0.1, 0.15) is 26.2 Å². The molecule has 1 fully saturated rings. The van der Waals surface area contributed by atoms with Crippen molar-refractivity contribution in [3.8, 4) is 0 Å². The van der Waals surface area contributed by atoms with Gasteiger partial charge in [0.25, 0.3) is 0 Å². The SMILES string of the molecule is [CH2]C(COCCCC)C1CCO1. The zero-order valence-electron chi connectivity index (χ0n) is 7.92. The average Bonchev–Trinajstić information content (AvgIpc) is 1.95. The number of rotatable bonds is 6. The maximum atomic E-state index is 5.45. The molecule has 2 heteroatoms. The monoisotopic (exact) mass is 171 g/mol. The molecule has 1 rings (SSSR count). The van der Waals surface area contributed by atoms with Crippen molar-refractivity contribution in [1.82, 2.24) is 0 Å². The van der Waals surface area contributed by atoms with Crippen LogP contribution in [0, 0.1) is 12.8 Å². The normalized spacial score (nSPS) is 25.0. The highest BCUT2D eigenvalue weighted by Crippen LogP contribution is 2.19. The maximum absolute atomic E-state index is 5.45. The summed E-state index contributed by atoms with van der Waals surface area (Å²) in [5.41, 5.74) is 0. The summed E-state index contributed by atoms with van der Waals surface area (Å²) in [5.74, 6) is 0.329. The van der Waals surface area contributed by atoms with E-state index in [1.807, 2.05) is 0 Å². The summed E-state index contributed by atoms with van der Waals surface area (Å²) in [7, 11) is 0. The predicted octanol–water partition coefficient (Wildman–Crippen LogP) is 2.04. The number of unbranched alkanes of at least 4 members (excludes halogenated alkanes) is 1. The molecule has 1 aliphatic heterocycles. The quantitative estimate of drug-likeness (QED) is 0.569. The van der Waals surface area contributed by atoms with Gasteiger partial charge in [0, 0.05) is 19.1 Å². The van der Waals surface area contributed by atoms with E-state index in [1.165, 1.54) is 6.42 Å². The van der Waals surface area contributed by atoms with Crippen molar-refractivity contribution >= 4 is 0 Å². The number of hydrogen-bond acceptors (Lipinski definition) is 2. The Morgan fingerprint density at radius 2 is 2.42 bits per heavy atom. The lowest BCUT2D eigenvalue weighted by atomic mass is 10.00. The second-order valence-corrected chi connectivity index (χ2v) is 3.39. The van der Waals surface area contributed by atoms with E-state index in [9.17, 15) is 0 Å². The van der Waals surface area contributed by atoms with Crippen LogP contribution in [0.5, 0.6) is 0 Å². The van der Waals surface area contributed by atoms with Crippen molar-refractivity contribution in [3.05, 3.63) is 6.92 Å². The third-order valence-electron chi connectivity index (χ3n) is 2.23. The van der Waals surface area contributed by atoms with E-state index in [-0.39, 0.29) is 0 Å². The lowest BCUT2D eigenvalue weighted by molar-refractivity contribution is -0.0903. The molecule has 12 heavy (non-hydrogen) atoms. The van der Waals surface area contributed by atoms with E-state index >= 15 is 0 Å². The second kappa shape index (κ2) is 5.55. The first kappa shape index (κ1) is 10.0. The molecule has 0 aromatic carbocycles. The largest absolute Gasteiger partial charge is 0.381 e. The first-order valence-electron chi connectivity index (χ1n) is 4.87. The Labute approximate surface area is 75.2 Å². The third kappa shape index (κ3) is 3.11. The van der Waals surface area contributed by atoms with Crippen LogP contribution < -0.4 is 0 Å². The molecule has 2 unspecified atom stereocenters. The van der Waals surface area contributed by atoms with Crippen molar-refractivity contribution in [2.45, 2.75) is 32.3 Å². The van der Waals surface area contributed by atoms with Crippen molar-refractivity contribution < 1.29 is 9.47 Å². The van der Waals surface area contributed by atoms with Gasteiger partial charge in [-0.2, -0.15) is 0 Å². The summed E-state index contributed by atoms with van der Waals surface area (Å²) < 4.78 is 10.8. The van der Waals surface area contributed by atoms with Gasteiger partial charge >= 0.3 is 0 Å². The van der Waals surface area contributed by atoms with E-state index in [2.05, 4.69) is 13.8 Å². The van der Waals surface area contributed by atoms with Crippen LogP contribution in [-0.4, -0.2) is 25.9 Å². The molecule has 0 aromatic heterocycles. The average molecular weight is 171 g/mol. The van der Waals surface area contributed by atoms with Crippen molar-refractivity contribution in [2.75, 3.05) is 19.8 Å². The zero-order valence-corrected chi connectivity index (χ0v) is 7.92. The highest BCUT2D eigenvalue weighted by atomic mass is 16.5. The smallest absolute Gasteiger partial charge is 0.0647 e. The van der Waals surface area contributed by atoms with E-state index in [0.717, 1.165) is 32.7 Å². The van der Waals surface area contributed by atoms with Crippen molar-refractivity contribution in [1.29, 1.82) is 0 Å². The summed E-state index contributed by atoms with van der Waals surface area (Å²) in [6.07, 6.45) is 3.87. The van der Waals surface area contributed by atoms with Crippen molar-refractivity contribution in [2.24, 2.45) is 5.92 Å². The van der Waals surface area contributed by atoms with E-state index < -0.39 is 0 Å². The van der Waals surface area contributed by atoms with Crippen LogP contribution >= 0.6 is 0 Å². The molecule has 0 aromatic rings. The Hall–Kier alpha value is -0.0800. The number of hydrogen-bond donors (Lipinski definition) is 0. The van der Waals surface area contributed by atoms with Gasteiger partial charge in [-0.15, -0.1) is 0 Å². The third-order valence-corrected chi connectivity index (χ3v) is 2.23. The lowest BCUT2D eigenvalue weighted by Crippen LogP contribution is -2.35.